The maximum absolute atomic E-state index is 11.9. The Morgan fingerprint density at radius 1 is 1.29 bits per heavy atom. The first-order chi connectivity index (χ1) is 7.75. The molecule has 0 bridgehead atoms. The standard InChI is InChI=1S/C11H22N2O4/c1-6-17-8-7-12(4)10(16)13(5)11(2,3)9(14)15/h6-8H2,1-5H3,(H,14,15). The molecule has 17 heavy (non-hydrogen) atoms. The number of aliphatic carboxylic acids is 1. The van der Waals surface area contributed by atoms with Crippen LogP contribution in [-0.2, 0) is 9.53 Å². The molecule has 0 aromatic carbocycles. The summed E-state index contributed by atoms with van der Waals surface area (Å²) in [7, 11) is 3.10. The van der Waals surface area contributed by atoms with Crippen molar-refractivity contribution in [1.82, 2.24) is 9.80 Å². The van der Waals surface area contributed by atoms with Gasteiger partial charge in [0.15, 0.2) is 0 Å². The number of carbonyl (C=O) groups excluding carboxylic acids is 1. The van der Waals surface area contributed by atoms with E-state index in [1.54, 1.807) is 7.05 Å². The number of urea groups is 1. The van der Waals surface area contributed by atoms with Crippen molar-refractivity contribution in [3.63, 3.8) is 0 Å². The van der Waals surface area contributed by atoms with E-state index in [0.717, 1.165) is 0 Å². The predicted octanol–water partition coefficient (Wildman–Crippen LogP) is 0.870. The van der Waals surface area contributed by atoms with E-state index >= 15 is 0 Å². The van der Waals surface area contributed by atoms with Crippen LogP contribution < -0.4 is 0 Å². The van der Waals surface area contributed by atoms with Crippen LogP contribution >= 0.6 is 0 Å². The number of likely N-dealkylation sites (N-methyl/N-ethyl adjacent to an activating group) is 2. The molecule has 0 rings (SSSR count). The summed E-state index contributed by atoms with van der Waals surface area (Å²) >= 11 is 0. The largest absolute Gasteiger partial charge is 0.480 e. The van der Waals surface area contributed by atoms with E-state index in [1.165, 1.54) is 30.7 Å². The van der Waals surface area contributed by atoms with Gasteiger partial charge in [-0.25, -0.2) is 9.59 Å². The van der Waals surface area contributed by atoms with E-state index in [2.05, 4.69) is 0 Å². The lowest BCUT2D eigenvalue weighted by Gasteiger charge is -2.34. The van der Waals surface area contributed by atoms with E-state index < -0.39 is 11.5 Å². The molecule has 0 atom stereocenters. The Kier molecular flexibility index (Phi) is 5.95. The molecule has 0 fully saturated rings. The highest BCUT2D eigenvalue weighted by Crippen LogP contribution is 2.14. The normalized spacial score (nSPS) is 11.1. The lowest BCUT2D eigenvalue weighted by molar-refractivity contribution is -0.147. The van der Waals surface area contributed by atoms with Gasteiger partial charge in [-0.05, 0) is 20.8 Å². The predicted molar refractivity (Wildman–Crippen MR) is 64.0 cm³/mol. The van der Waals surface area contributed by atoms with Crippen molar-refractivity contribution in [3.8, 4) is 0 Å². The summed E-state index contributed by atoms with van der Waals surface area (Å²) in [6.07, 6.45) is 0. The molecule has 2 amide bonds. The van der Waals surface area contributed by atoms with E-state index in [9.17, 15) is 9.59 Å². The number of ether oxygens (including phenoxy) is 1. The van der Waals surface area contributed by atoms with E-state index in [-0.39, 0.29) is 6.03 Å². The Morgan fingerprint density at radius 3 is 2.24 bits per heavy atom. The summed E-state index contributed by atoms with van der Waals surface area (Å²) in [5.74, 6) is -1.04. The zero-order valence-electron chi connectivity index (χ0n) is 11.2. The summed E-state index contributed by atoms with van der Waals surface area (Å²) in [5.41, 5.74) is -1.23. The van der Waals surface area contributed by atoms with Gasteiger partial charge in [0.05, 0.1) is 6.61 Å². The number of hydrogen-bond donors (Lipinski definition) is 1. The van der Waals surface area contributed by atoms with Crippen LogP contribution in [0, 0.1) is 0 Å². The van der Waals surface area contributed by atoms with Gasteiger partial charge in [0.2, 0.25) is 0 Å². The zero-order chi connectivity index (χ0) is 13.6. The monoisotopic (exact) mass is 246 g/mol. The summed E-state index contributed by atoms with van der Waals surface area (Å²) in [6, 6.07) is -0.336. The first-order valence-corrected chi connectivity index (χ1v) is 5.55. The van der Waals surface area contributed by atoms with Crippen molar-refractivity contribution in [2.24, 2.45) is 0 Å². The molecule has 0 spiro atoms. The number of rotatable bonds is 6. The number of amides is 2. The molecule has 0 saturated heterocycles. The number of nitrogens with zero attached hydrogens (tertiary/aromatic N) is 2. The molecular weight excluding hydrogens is 224 g/mol. The van der Waals surface area contributed by atoms with Crippen molar-refractivity contribution in [2.45, 2.75) is 26.3 Å². The van der Waals surface area contributed by atoms with Crippen molar-refractivity contribution in [3.05, 3.63) is 0 Å². The van der Waals surface area contributed by atoms with Gasteiger partial charge in [-0.3, -0.25) is 0 Å². The highest BCUT2D eigenvalue weighted by Gasteiger charge is 2.36. The Balaban J connectivity index is 4.44. The molecule has 0 aromatic rings. The van der Waals surface area contributed by atoms with Crippen molar-refractivity contribution in [1.29, 1.82) is 0 Å². The van der Waals surface area contributed by atoms with Gasteiger partial charge in [0, 0.05) is 27.2 Å². The molecule has 6 nitrogen and oxygen atoms in total. The Labute approximate surface area is 102 Å². The SMILES string of the molecule is CCOCCN(C)C(=O)N(C)C(C)(C)C(=O)O. The van der Waals surface area contributed by atoms with Crippen LogP contribution in [0.1, 0.15) is 20.8 Å². The lowest BCUT2D eigenvalue weighted by Crippen LogP contribution is -2.54. The number of hydrogen-bond acceptors (Lipinski definition) is 3. The Hall–Kier alpha value is -1.30. The van der Waals surface area contributed by atoms with Gasteiger partial charge < -0.3 is 19.6 Å². The molecule has 0 unspecified atom stereocenters. The van der Waals surface area contributed by atoms with Crippen LogP contribution in [0.15, 0.2) is 0 Å². The second-order valence-electron chi connectivity index (χ2n) is 4.32. The Bertz CT molecular complexity index is 279. The summed E-state index contributed by atoms with van der Waals surface area (Å²) in [6.45, 7) is 6.33. The zero-order valence-corrected chi connectivity index (χ0v) is 11.2. The summed E-state index contributed by atoms with van der Waals surface area (Å²) in [5, 5.41) is 9.02. The van der Waals surface area contributed by atoms with Crippen LogP contribution in [-0.4, -0.2) is 66.3 Å². The molecule has 0 aliphatic carbocycles. The lowest BCUT2D eigenvalue weighted by atomic mass is 10.0. The van der Waals surface area contributed by atoms with Gasteiger partial charge in [-0.2, -0.15) is 0 Å². The fourth-order valence-electron chi connectivity index (χ4n) is 1.08. The molecule has 0 saturated carbocycles. The van der Waals surface area contributed by atoms with E-state index in [0.29, 0.717) is 19.8 Å². The number of carbonyl (C=O) groups is 2. The second kappa shape index (κ2) is 6.44. The fraction of sp³-hybridized carbons (Fsp3) is 0.818. The highest BCUT2D eigenvalue weighted by molar-refractivity contribution is 5.85. The average Bonchev–Trinajstić information content (AvgIpc) is 2.26. The minimum Gasteiger partial charge on any atom is -0.480 e. The van der Waals surface area contributed by atoms with Crippen LogP contribution in [0.4, 0.5) is 4.79 Å². The highest BCUT2D eigenvalue weighted by atomic mass is 16.5. The minimum absolute atomic E-state index is 0.336. The Morgan fingerprint density at radius 2 is 1.82 bits per heavy atom. The molecule has 6 heteroatoms. The van der Waals surface area contributed by atoms with Crippen LogP contribution in [0.5, 0.6) is 0 Å². The van der Waals surface area contributed by atoms with Crippen molar-refractivity contribution < 1.29 is 19.4 Å². The van der Waals surface area contributed by atoms with E-state index in [1.807, 2.05) is 6.92 Å². The molecular formula is C11H22N2O4. The van der Waals surface area contributed by atoms with Gasteiger partial charge >= 0.3 is 12.0 Å². The summed E-state index contributed by atoms with van der Waals surface area (Å²) in [4.78, 5) is 25.6. The van der Waals surface area contributed by atoms with Gasteiger partial charge in [0.1, 0.15) is 5.54 Å². The average molecular weight is 246 g/mol. The molecule has 0 aliphatic heterocycles. The quantitative estimate of drug-likeness (QED) is 0.706. The van der Waals surface area contributed by atoms with Gasteiger partial charge in [-0.1, -0.05) is 0 Å². The van der Waals surface area contributed by atoms with Crippen LogP contribution in [0.25, 0.3) is 0 Å². The van der Waals surface area contributed by atoms with Crippen LogP contribution in [0.2, 0.25) is 0 Å². The molecule has 1 N–H and O–H groups in total. The smallest absolute Gasteiger partial charge is 0.329 e. The number of carboxylic acid groups (broad SMARTS) is 1. The molecule has 0 radical (unpaired) electrons. The molecule has 100 valence electrons. The van der Waals surface area contributed by atoms with Gasteiger partial charge in [-0.15, -0.1) is 0 Å². The van der Waals surface area contributed by atoms with Crippen LogP contribution in [0.3, 0.4) is 0 Å². The van der Waals surface area contributed by atoms with Crippen molar-refractivity contribution in [2.75, 3.05) is 33.9 Å². The number of carboxylic acids is 1. The first kappa shape index (κ1) is 15.7. The van der Waals surface area contributed by atoms with Gasteiger partial charge in [0.25, 0.3) is 0 Å². The maximum Gasteiger partial charge on any atom is 0.329 e. The maximum atomic E-state index is 11.9. The molecule has 0 aliphatic rings. The third-order valence-electron chi connectivity index (χ3n) is 2.75. The molecule has 0 heterocycles. The first-order valence-electron chi connectivity index (χ1n) is 5.55. The van der Waals surface area contributed by atoms with E-state index in [4.69, 9.17) is 9.84 Å². The fourth-order valence-corrected chi connectivity index (χ4v) is 1.08. The third-order valence-corrected chi connectivity index (χ3v) is 2.75. The third kappa shape index (κ3) is 4.22. The van der Waals surface area contributed by atoms with Crippen molar-refractivity contribution >= 4 is 12.0 Å². The summed E-state index contributed by atoms with van der Waals surface area (Å²) < 4.78 is 5.14. The topological polar surface area (TPSA) is 70.1 Å². The second-order valence-corrected chi connectivity index (χ2v) is 4.32. The minimum atomic E-state index is -1.23. The molecule has 0 aromatic heterocycles.